The van der Waals surface area contributed by atoms with E-state index in [-0.39, 0.29) is 6.54 Å². The van der Waals surface area contributed by atoms with Crippen molar-refractivity contribution in [1.29, 1.82) is 0 Å². The number of hydrogen-bond donors (Lipinski definition) is 2. The van der Waals surface area contributed by atoms with Crippen molar-refractivity contribution in [2.75, 3.05) is 13.6 Å². The van der Waals surface area contributed by atoms with Crippen LogP contribution in [0.3, 0.4) is 0 Å². The maximum atomic E-state index is 12.1. The molecule has 1 fully saturated rings. The third-order valence-corrected chi connectivity index (χ3v) is 3.63. The van der Waals surface area contributed by atoms with Crippen molar-refractivity contribution in [2.45, 2.75) is 57.7 Å². The van der Waals surface area contributed by atoms with Crippen LogP contribution in [0.2, 0.25) is 0 Å². The maximum Gasteiger partial charge on any atom is 0.390 e. The lowest BCUT2D eigenvalue weighted by Crippen LogP contribution is -2.45. The summed E-state index contributed by atoms with van der Waals surface area (Å²) in [5.74, 6) is 1.20. The normalized spacial score (nSPS) is 25.2. The fraction of sp³-hybridized carbons (Fsp3) is 0.923. The molecule has 0 aromatic carbocycles. The highest BCUT2D eigenvalue weighted by molar-refractivity contribution is 5.79. The van der Waals surface area contributed by atoms with Gasteiger partial charge in [-0.1, -0.05) is 26.2 Å². The van der Waals surface area contributed by atoms with Crippen LogP contribution in [0.1, 0.15) is 45.4 Å². The second kappa shape index (κ2) is 7.60. The van der Waals surface area contributed by atoms with Gasteiger partial charge in [-0.3, -0.25) is 4.99 Å². The van der Waals surface area contributed by atoms with Gasteiger partial charge in [0.1, 0.15) is 0 Å². The minimum Gasteiger partial charge on any atom is -0.356 e. The SMILES string of the molecule is CCC1CCCC(NC(=NC)NCCC(F)(F)F)C1. The van der Waals surface area contributed by atoms with E-state index in [1.807, 2.05) is 0 Å². The molecule has 0 saturated heterocycles. The van der Waals surface area contributed by atoms with E-state index in [1.54, 1.807) is 7.05 Å². The van der Waals surface area contributed by atoms with Gasteiger partial charge in [0.05, 0.1) is 6.42 Å². The molecule has 6 heteroatoms. The van der Waals surface area contributed by atoms with Crippen molar-refractivity contribution in [3.63, 3.8) is 0 Å². The highest BCUT2D eigenvalue weighted by atomic mass is 19.4. The highest BCUT2D eigenvalue weighted by Gasteiger charge is 2.26. The average molecular weight is 279 g/mol. The Balaban J connectivity index is 2.32. The van der Waals surface area contributed by atoms with E-state index in [1.165, 1.54) is 12.8 Å². The zero-order valence-electron chi connectivity index (χ0n) is 11.7. The number of nitrogens with zero attached hydrogens (tertiary/aromatic N) is 1. The number of aliphatic imine (C=N–C) groups is 1. The van der Waals surface area contributed by atoms with Gasteiger partial charge in [-0.05, 0) is 18.8 Å². The third kappa shape index (κ3) is 6.68. The molecule has 0 aliphatic heterocycles. The Hall–Kier alpha value is -0.940. The Kier molecular flexibility index (Phi) is 6.45. The van der Waals surface area contributed by atoms with Crippen molar-refractivity contribution >= 4 is 5.96 Å². The minimum absolute atomic E-state index is 0.132. The van der Waals surface area contributed by atoms with Crippen molar-refractivity contribution in [2.24, 2.45) is 10.9 Å². The van der Waals surface area contributed by atoms with E-state index in [0.29, 0.717) is 12.0 Å². The summed E-state index contributed by atoms with van der Waals surface area (Å²) in [4.78, 5) is 3.98. The average Bonchev–Trinajstić information content (AvgIpc) is 2.36. The Morgan fingerprint density at radius 3 is 2.63 bits per heavy atom. The van der Waals surface area contributed by atoms with Crippen LogP contribution in [-0.4, -0.2) is 31.8 Å². The van der Waals surface area contributed by atoms with Crippen LogP contribution in [0.15, 0.2) is 4.99 Å². The van der Waals surface area contributed by atoms with Gasteiger partial charge in [0, 0.05) is 19.6 Å². The zero-order valence-corrected chi connectivity index (χ0v) is 11.7. The standard InChI is InChI=1S/C13H24F3N3/c1-3-10-5-4-6-11(9-10)19-12(17-2)18-8-7-13(14,15)16/h10-11H,3-9H2,1-2H3,(H2,17,18,19). The zero-order chi connectivity index (χ0) is 14.3. The summed E-state index contributed by atoms with van der Waals surface area (Å²) in [5.41, 5.74) is 0. The monoisotopic (exact) mass is 279 g/mol. The lowest BCUT2D eigenvalue weighted by Gasteiger charge is -2.30. The van der Waals surface area contributed by atoms with E-state index < -0.39 is 12.6 Å². The fourth-order valence-electron chi connectivity index (χ4n) is 2.50. The third-order valence-electron chi connectivity index (χ3n) is 3.63. The molecule has 0 aromatic heterocycles. The molecule has 1 aliphatic rings. The quantitative estimate of drug-likeness (QED) is 0.613. The molecule has 112 valence electrons. The van der Waals surface area contributed by atoms with Gasteiger partial charge in [0.15, 0.2) is 5.96 Å². The van der Waals surface area contributed by atoms with Crippen LogP contribution >= 0.6 is 0 Å². The molecule has 0 heterocycles. The van der Waals surface area contributed by atoms with Crippen LogP contribution in [0.5, 0.6) is 0 Å². The van der Waals surface area contributed by atoms with Crippen molar-refractivity contribution in [1.82, 2.24) is 10.6 Å². The minimum atomic E-state index is -4.12. The van der Waals surface area contributed by atoms with E-state index in [2.05, 4.69) is 22.5 Å². The van der Waals surface area contributed by atoms with Crippen LogP contribution in [-0.2, 0) is 0 Å². The molecule has 2 unspecified atom stereocenters. The van der Waals surface area contributed by atoms with Gasteiger partial charge < -0.3 is 10.6 Å². The summed E-state index contributed by atoms with van der Waals surface area (Å²) in [6.07, 6.45) is 0.787. The van der Waals surface area contributed by atoms with E-state index in [0.717, 1.165) is 25.2 Å². The van der Waals surface area contributed by atoms with Crippen LogP contribution in [0.25, 0.3) is 0 Å². The van der Waals surface area contributed by atoms with Gasteiger partial charge in [-0.2, -0.15) is 13.2 Å². The van der Waals surface area contributed by atoms with Crippen molar-refractivity contribution in [3.05, 3.63) is 0 Å². The molecule has 2 atom stereocenters. The molecule has 0 amide bonds. The number of alkyl halides is 3. The topological polar surface area (TPSA) is 36.4 Å². The molecule has 0 bridgehead atoms. The summed E-state index contributed by atoms with van der Waals surface area (Å²) in [6.45, 7) is 2.05. The summed E-state index contributed by atoms with van der Waals surface area (Å²) in [7, 11) is 1.59. The largest absolute Gasteiger partial charge is 0.390 e. The first-order valence-electron chi connectivity index (χ1n) is 6.98. The molecule has 0 spiro atoms. The number of hydrogen-bond acceptors (Lipinski definition) is 1. The summed E-state index contributed by atoms with van der Waals surface area (Å²) >= 11 is 0. The molecule has 0 aromatic rings. The number of halogens is 3. The summed E-state index contributed by atoms with van der Waals surface area (Å²) in [6, 6.07) is 0.329. The molecule has 1 rings (SSSR count). The molecule has 1 saturated carbocycles. The predicted octanol–water partition coefficient (Wildman–Crippen LogP) is 3.07. The second-order valence-electron chi connectivity index (χ2n) is 5.15. The fourth-order valence-corrected chi connectivity index (χ4v) is 2.50. The number of guanidine groups is 1. The molecule has 3 nitrogen and oxygen atoms in total. The van der Waals surface area contributed by atoms with Crippen LogP contribution in [0, 0.1) is 5.92 Å². The van der Waals surface area contributed by atoms with E-state index in [4.69, 9.17) is 0 Å². The number of rotatable bonds is 4. The Bertz CT molecular complexity index is 289. The van der Waals surface area contributed by atoms with Crippen molar-refractivity contribution < 1.29 is 13.2 Å². The summed E-state index contributed by atoms with van der Waals surface area (Å²) < 4.78 is 36.2. The Morgan fingerprint density at radius 2 is 2.05 bits per heavy atom. The van der Waals surface area contributed by atoms with Gasteiger partial charge in [-0.25, -0.2) is 0 Å². The lowest BCUT2D eigenvalue weighted by atomic mass is 9.84. The molecule has 0 radical (unpaired) electrons. The predicted molar refractivity (Wildman–Crippen MR) is 71.2 cm³/mol. The Labute approximate surface area is 113 Å². The summed E-state index contributed by atoms with van der Waals surface area (Å²) in [5, 5.41) is 5.95. The Morgan fingerprint density at radius 1 is 1.32 bits per heavy atom. The highest BCUT2D eigenvalue weighted by Crippen LogP contribution is 2.26. The van der Waals surface area contributed by atoms with E-state index in [9.17, 15) is 13.2 Å². The van der Waals surface area contributed by atoms with Crippen LogP contribution < -0.4 is 10.6 Å². The first-order valence-corrected chi connectivity index (χ1v) is 6.98. The first kappa shape index (κ1) is 16.1. The number of nitrogens with one attached hydrogen (secondary N) is 2. The molecular weight excluding hydrogens is 255 g/mol. The molecule has 19 heavy (non-hydrogen) atoms. The molecule has 1 aliphatic carbocycles. The maximum absolute atomic E-state index is 12.1. The van der Waals surface area contributed by atoms with Gasteiger partial charge >= 0.3 is 6.18 Å². The first-order chi connectivity index (χ1) is 8.94. The van der Waals surface area contributed by atoms with Gasteiger partial charge in [-0.15, -0.1) is 0 Å². The smallest absolute Gasteiger partial charge is 0.356 e. The molecular formula is C13H24F3N3. The van der Waals surface area contributed by atoms with Crippen LogP contribution in [0.4, 0.5) is 13.2 Å². The van der Waals surface area contributed by atoms with Gasteiger partial charge in [0.25, 0.3) is 0 Å². The van der Waals surface area contributed by atoms with E-state index >= 15 is 0 Å². The van der Waals surface area contributed by atoms with Gasteiger partial charge in [0.2, 0.25) is 0 Å². The second-order valence-corrected chi connectivity index (χ2v) is 5.15. The molecule has 2 N–H and O–H groups in total. The van der Waals surface area contributed by atoms with Crippen molar-refractivity contribution in [3.8, 4) is 0 Å². The lowest BCUT2D eigenvalue weighted by molar-refractivity contribution is -0.132.